The highest BCUT2D eigenvalue weighted by atomic mass is 16.6. The molecule has 0 aromatic carbocycles. The summed E-state index contributed by atoms with van der Waals surface area (Å²) in [6.45, 7) is 5.68. The van der Waals surface area contributed by atoms with Crippen LogP contribution in [0.3, 0.4) is 0 Å². The van der Waals surface area contributed by atoms with Crippen LogP contribution in [-0.4, -0.2) is 41.1 Å². The van der Waals surface area contributed by atoms with Crippen molar-refractivity contribution < 1.29 is 24.0 Å². The standard InChI is InChI=1S/C17H23N3O6/c1-17(2,3)26-14(21)8-6-5-7-9-18-15-13(20(23)24)10-12(11-19-15)16(22)25-4/h5,7,10-11H,6,8-9H2,1-4H3,(H,18,19)/b7-5+. The highest BCUT2D eigenvalue weighted by Gasteiger charge is 2.19. The fourth-order valence-electron chi connectivity index (χ4n) is 1.91. The van der Waals surface area contributed by atoms with Crippen LogP contribution in [0.15, 0.2) is 24.4 Å². The number of nitrogens with zero attached hydrogens (tertiary/aromatic N) is 2. The Morgan fingerprint density at radius 3 is 2.62 bits per heavy atom. The van der Waals surface area contributed by atoms with Crippen LogP contribution in [0, 0.1) is 10.1 Å². The zero-order valence-corrected chi connectivity index (χ0v) is 15.3. The summed E-state index contributed by atoms with van der Waals surface area (Å²) in [5.41, 5.74) is -0.837. The molecule has 0 saturated carbocycles. The number of carbonyl (C=O) groups is 2. The fourth-order valence-corrected chi connectivity index (χ4v) is 1.91. The molecule has 0 aliphatic heterocycles. The molecular weight excluding hydrogens is 342 g/mol. The van der Waals surface area contributed by atoms with Gasteiger partial charge in [0.15, 0.2) is 0 Å². The molecule has 26 heavy (non-hydrogen) atoms. The molecule has 0 atom stereocenters. The number of anilines is 1. The summed E-state index contributed by atoms with van der Waals surface area (Å²) in [6.07, 6.45) is 5.44. The van der Waals surface area contributed by atoms with Crippen LogP contribution < -0.4 is 5.32 Å². The first-order valence-electron chi connectivity index (χ1n) is 7.97. The number of allylic oxidation sites excluding steroid dienone is 1. The molecule has 0 aliphatic carbocycles. The van der Waals surface area contributed by atoms with Crippen LogP contribution in [-0.2, 0) is 14.3 Å². The van der Waals surface area contributed by atoms with Gasteiger partial charge in [0.05, 0.1) is 17.6 Å². The Hall–Kier alpha value is -2.97. The van der Waals surface area contributed by atoms with Crippen molar-refractivity contribution in [3.05, 3.63) is 40.1 Å². The van der Waals surface area contributed by atoms with Crippen LogP contribution in [0.2, 0.25) is 0 Å². The van der Waals surface area contributed by atoms with Gasteiger partial charge >= 0.3 is 17.6 Å². The Morgan fingerprint density at radius 1 is 1.35 bits per heavy atom. The molecule has 9 heteroatoms. The largest absolute Gasteiger partial charge is 0.465 e. The van der Waals surface area contributed by atoms with E-state index in [2.05, 4.69) is 15.0 Å². The summed E-state index contributed by atoms with van der Waals surface area (Å²) in [6, 6.07) is 1.10. The summed E-state index contributed by atoms with van der Waals surface area (Å²) < 4.78 is 9.70. The van der Waals surface area contributed by atoms with E-state index < -0.39 is 16.5 Å². The topological polar surface area (TPSA) is 121 Å². The van der Waals surface area contributed by atoms with Crippen LogP contribution >= 0.6 is 0 Å². The van der Waals surface area contributed by atoms with Gasteiger partial charge in [0.1, 0.15) is 5.60 Å². The number of pyridine rings is 1. The maximum Gasteiger partial charge on any atom is 0.339 e. The van der Waals surface area contributed by atoms with E-state index in [-0.39, 0.29) is 36.0 Å². The number of methoxy groups -OCH3 is 1. The summed E-state index contributed by atoms with van der Waals surface area (Å²) in [4.78, 5) is 37.3. The first kappa shape index (κ1) is 21.1. The molecule has 1 rings (SSSR count). The predicted molar refractivity (Wildman–Crippen MR) is 94.9 cm³/mol. The fraction of sp³-hybridized carbons (Fsp3) is 0.471. The van der Waals surface area contributed by atoms with Gasteiger partial charge in [0, 0.05) is 25.2 Å². The second kappa shape index (κ2) is 9.50. The van der Waals surface area contributed by atoms with Gasteiger partial charge in [-0.1, -0.05) is 12.2 Å². The second-order valence-corrected chi connectivity index (χ2v) is 6.32. The van der Waals surface area contributed by atoms with Crippen LogP contribution in [0.4, 0.5) is 11.5 Å². The highest BCUT2D eigenvalue weighted by molar-refractivity contribution is 5.90. The number of rotatable bonds is 8. The van der Waals surface area contributed by atoms with Gasteiger partial charge in [-0.15, -0.1) is 0 Å². The lowest BCUT2D eigenvalue weighted by Crippen LogP contribution is -2.23. The molecule has 1 aromatic heterocycles. The van der Waals surface area contributed by atoms with Crippen LogP contribution in [0.25, 0.3) is 0 Å². The number of nitro groups is 1. The smallest absolute Gasteiger partial charge is 0.339 e. The molecule has 0 amide bonds. The van der Waals surface area contributed by atoms with Gasteiger partial charge < -0.3 is 14.8 Å². The lowest BCUT2D eigenvalue weighted by Gasteiger charge is -2.19. The van der Waals surface area contributed by atoms with Gasteiger partial charge in [0.2, 0.25) is 5.82 Å². The van der Waals surface area contributed by atoms with Crippen molar-refractivity contribution in [3.63, 3.8) is 0 Å². The molecule has 1 heterocycles. The van der Waals surface area contributed by atoms with E-state index in [1.165, 1.54) is 13.3 Å². The molecule has 0 saturated heterocycles. The van der Waals surface area contributed by atoms with Gasteiger partial charge in [0.25, 0.3) is 0 Å². The predicted octanol–water partition coefficient (Wildman–Crippen LogP) is 2.87. The Morgan fingerprint density at radius 2 is 2.04 bits per heavy atom. The maximum atomic E-state index is 11.5. The Labute approximate surface area is 151 Å². The molecule has 0 fully saturated rings. The summed E-state index contributed by atoms with van der Waals surface area (Å²) in [5, 5.41) is 13.9. The molecule has 0 bridgehead atoms. The normalized spacial score (nSPS) is 11.2. The summed E-state index contributed by atoms with van der Waals surface area (Å²) in [5.74, 6) is -0.945. The van der Waals surface area contributed by atoms with Crippen molar-refractivity contribution in [1.82, 2.24) is 4.98 Å². The summed E-state index contributed by atoms with van der Waals surface area (Å²) in [7, 11) is 1.18. The number of ether oxygens (including phenoxy) is 2. The number of hydrogen-bond donors (Lipinski definition) is 1. The quantitative estimate of drug-likeness (QED) is 0.323. The lowest BCUT2D eigenvalue weighted by molar-refractivity contribution is -0.384. The van der Waals surface area contributed by atoms with Gasteiger partial charge in [-0.2, -0.15) is 0 Å². The molecule has 0 aliphatic rings. The first-order chi connectivity index (χ1) is 12.1. The Balaban J connectivity index is 2.56. The van der Waals surface area contributed by atoms with Gasteiger partial charge in [-0.3, -0.25) is 14.9 Å². The third-order valence-electron chi connectivity index (χ3n) is 2.97. The minimum atomic E-state index is -0.700. The third kappa shape index (κ3) is 7.29. The average Bonchev–Trinajstić information content (AvgIpc) is 2.55. The maximum absolute atomic E-state index is 11.5. The molecule has 142 valence electrons. The van der Waals surface area contributed by atoms with E-state index in [9.17, 15) is 19.7 Å². The number of carbonyl (C=O) groups excluding carboxylic acids is 2. The number of aromatic nitrogens is 1. The van der Waals surface area contributed by atoms with Crippen molar-refractivity contribution in [2.45, 2.75) is 39.2 Å². The van der Waals surface area contributed by atoms with Crippen molar-refractivity contribution in [2.75, 3.05) is 19.0 Å². The van der Waals surface area contributed by atoms with Crippen LogP contribution in [0.1, 0.15) is 44.0 Å². The van der Waals surface area contributed by atoms with Crippen molar-refractivity contribution in [1.29, 1.82) is 0 Å². The minimum Gasteiger partial charge on any atom is -0.465 e. The lowest BCUT2D eigenvalue weighted by atomic mass is 10.2. The zero-order chi connectivity index (χ0) is 19.7. The molecule has 1 aromatic rings. The number of esters is 2. The molecular formula is C17H23N3O6. The Kier molecular flexibility index (Phi) is 7.70. The van der Waals surface area contributed by atoms with Crippen molar-refractivity contribution in [2.24, 2.45) is 0 Å². The highest BCUT2D eigenvalue weighted by Crippen LogP contribution is 2.23. The number of nitrogens with one attached hydrogen (secondary N) is 1. The second-order valence-electron chi connectivity index (χ2n) is 6.32. The van der Waals surface area contributed by atoms with E-state index in [4.69, 9.17) is 4.74 Å². The van der Waals surface area contributed by atoms with Crippen LogP contribution in [0.5, 0.6) is 0 Å². The minimum absolute atomic E-state index is 0.00217. The molecule has 9 nitrogen and oxygen atoms in total. The number of hydrogen-bond acceptors (Lipinski definition) is 8. The first-order valence-corrected chi connectivity index (χ1v) is 7.97. The van der Waals surface area contributed by atoms with E-state index >= 15 is 0 Å². The molecule has 0 spiro atoms. The zero-order valence-electron chi connectivity index (χ0n) is 15.3. The summed E-state index contributed by atoms with van der Waals surface area (Å²) >= 11 is 0. The SMILES string of the molecule is COC(=O)c1cnc(NC/C=C/CCC(=O)OC(C)(C)C)c([N+](=O)[O-])c1. The van der Waals surface area contributed by atoms with Crippen molar-refractivity contribution >= 4 is 23.4 Å². The van der Waals surface area contributed by atoms with Gasteiger partial charge in [-0.05, 0) is 27.2 Å². The molecule has 1 N–H and O–H groups in total. The average molecular weight is 365 g/mol. The van der Waals surface area contributed by atoms with Crippen molar-refractivity contribution in [3.8, 4) is 0 Å². The monoisotopic (exact) mass is 365 g/mol. The van der Waals surface area contributed by atoms with E-state index in [0.29, 0.717) is 6.42 Å². The third-order valence-corrected chi connectivity index (χ3v) is 2.97. The van der Waals surface area contributed by atoms with E-state index in [1.54, 1.807) is 32.9 Å². The van der Waals surface area contributed by atoms with Gasteiger partial charge in [-0.25, -0.2) is 9.78 Å². The van der Waals surface area contributed by atoms with E-state index in [0.717, 1.165) is 6.07 Å². The Bertz CT molecular complexity index is 694. The molecule has 0 radical (unpaired) electrons. The van der Waals surface area contributed by atoms with E-state index in [1.807, 2.05) is 0 Å². The molecule has 0 unspecified atom stereocenters.